The number of hydrogen-bond acceptors (Lipinski definition) is 4. The first-order chi connectivity index (χ1) is 12.0. The molecule has 1 fully saturated rings. The topological polar surface area (TPSA) is 23.6 Å². The van der Waals surface area contributed by atoms with Gasteiger partial charge in [0.05, 0.1) is 4.91 Å². The van der Waals surface area contributed by atoms with Gasteiger partial charge in [-0.15, -0.1) is 0 Å². The van der Waals surface area contributed by atoms with Crippen LogP contribution < -0.4 is 4.90 Å². The first kappa shape index (κ1) is 20.0. The second-order valence-electron chi connectivity index (χ2n) is 6.69. The summed E-state index contributed by atoms with van der Waals surface area (Å²) in [5.41, 5.74) is 2.18. The SMILES string of the molecule is CCCC[C@@H](CC)CN1C(=O)/C(=C/c2ccc(N(C)C)cc2)SC1=S. The Kier molecular flexibility index (Phi) is 7.51. The quantitative estimate of drug-likeness (QED) is 0.461. The van der Waals surface area contributed by atoms with Crippen LogP contribution in [0.15, 0.2) is 29.2 Å². The molecule has 0 aliphatic carbocycles. The number of benzene rings is 1. The largest absolute Gasteiger partial charge is 0.378 e. The number of nitrogens with zero attached hydrogens (tertiary/aromatic N) is 2. The molecule has 25 heavy (non-hydrogen) atoms. The van der Waals surface area contributed by atoms with Gasteiger partial charge in [-0.25, -0.2) is 0 Å². The molecule has 5 heteroatoms. The van der Waals surface area contributed by atoms with Gasteiger partial charge in [0.15, 0.2) is 0 Å². The molecular weight excluding hydrogens is 348 g/mol. The Morgan fingerprint density at radius 2 is 1.92 bits per heavy atom. The smallest absolute Gasteiger partial charge is 0.266 e. The van der Waals surface area contributed by atoms with Crippen molar-refractivity contribution in [3.8, 4) is 0 Å². The Morgan fingerprint density at radius 1 is 1.24 bits per heavy atom. The fraction of sp³-hybridized carbons (Fsp3) is 0.500. The molecule has 136 valence electrons. The second-order valence-corrected chi connectivity index (χ2v) is 8.37. The van der Waals surface area contributed by atoms with Gasteiger partial charge in [-0.05, 0) is 36.1 Å². The third-order valence-corrected chi connectivity index (χ3v) is 5.94. The molecule has 0 radical (unpaired) electrons. The normalized spacial score (nSPS) is 17.4. The minimum atomic E-state index is 0.0571. The Labute approximate surface area is 161 Å². The van der Waals surface area contributed by atoms with E-state index in [1.165, 1.54) is 24.6 Å². The predicted octanol–water partition coefficient (Wildman–Crippen LogP) is 5.17. The van der Waals surface area contributed by atoms with Gasteiger partial charge in [-0.1, -0.05) is 69.2 Å². The van der Waals surface area contributed by atoms with Gasteiger partial charge in [0.2, 0.25) is 0 Å². The Hall–Kier alpha value is -1.33. The molecule has 1 saturated heterocycles. The molecule has 0 aromatic heterocycles. The lowest BCUT2D eigenvalue weighted by Gasteiger charge is -2.21. The standard InChI is InChI=1S/C20H28N2OS2/c1-5-7-8-15(6-2)14-22-19(23)18(25-20(22)24)13-16-9-11-17(12-10-16)21(3)4/h9-13,15H,5-8,14H2,1-4H3/b18-13-/t15-/m1/s1. The molecule has 1 aromatic rings. The minimum Gasteiger partial charge on any atom is -0.378 e. The maximum atomic E-state index is 12.8. The van der Waals surface area contributed by atoms with E-state index in [1.807, 2.05) is 32.3 Å². The summed E-state index contributed by atoms with van der Waals surface area (Å²) in [5, 5.41) is 0. The van der Waals surface area contributed by atoms with Crippen molar-refractivity contribution in [2.45, 2.75) is 39.5 Å². The van der Waals surface area contributed by atoms with E-state index in [2.05, 4.69) is 30.9 Å². The summed E-state index contributed by atoms with van der Waals surface area (Å²) < 4.78 is 0.691. The summed E-state index contributed by atoms with van der Waals surface area (Å²) in [6.07, 6.45) is 6.60. The number of hydrogen-bond donors (Lipinski definition) is 0. The van der Waals surface area contributed by atoms with E-state index in [1.54, 1.807) is 4.90 Å². The first-order valence-corrected chi connectivity index (χ1v) is 10.2. The van der Waals surface area contributed by atoms with E-state index in [-0.39, 0.29) is 5.91 Å². The zero-order valence-corrected chi connectivity index (χ0v) is 17.3. The fourth-order valence-electron chi connectivity index (χ4n) is 2.85. The summed E-state index contributed by atoms with van der Waals surface area (Å²) in [7, 11) is 4.03. The van der Waals surface area contributed by atoms with Crippen molar-refractivity contribution in [2.75, 3.05) is 25.5 Å². The summed E-state index contributed by atoms with van der Waals surface area (Å²) in [5.74, 6) is 0.586. The molecule has 1 heterocycles. The third kappa shape index (κ3) is 5.32. The number of amides is 1. The number of thiocarbonyl (C=S) groups is 1. The third-order valence-electron chi connectivity index (χ3n) is 4.56. The van der Waals surface area contributed by atoms with E-state index in [4.69, 9.17) is 12.2 Å². The molecule has 0 unspecified atom stereocenters. The molecule has 1 aromatic carbocycles. The van der Waals surface area contributed by atoms with Crippen molar-refractivity contribution in [2.24, 2.45) is 5.92 Å². The van der Waals surface area contributed by atoms with E-state index < -0.39 is 0 Å². The van der Waals surface area contributed by atoms with Crippen molar-refractivity contribution < 1.29 is 4.79 Å². The van der Waals surface area contributed by atoms with Gasteiger partial charge in [-0.3, -0.25) is 9.69 Å². The van der Waals surface area contributed by atoms with Crippen LogP contribution in [0.3, 0.4) is 0 Å². The van der Waals surface area contributed by atoms with Crippen LogP contribution in [0.2, 0.25) is 0 Å². The summed E-state index contributed by atoms with van der Waals surface area (Å²) in [6.45, 7) is 5.15. The van der Waals surface area contributed by atoms with Crippen molar-refractivity contribution in [1.29, 1.82) is 0 Å². The van der Waals surface area contributed by atoms with Crippen molar-refractivity contribution >= 4 is 46.0 Å². The molecule has 0 bridgehead atoms. The molecule has 1 aliphatic heterocycles. The molecule has 1 atom stereocenters. The average Bonchev–Trinajstić information content (AvgIpc) is 2.86. The maximum Gasteiger partial charge on any atom is 0.266 e. The number of unbranched alkanes of at least 4 members (excludes halogenated alkanes) is 1. The molecule has 2 rings (SSSR count). The Bertz CT molecular complexity index is 638. The van der Waals surface area contributed by atoms with Crippen LogP contribution in [0.5, 0.6) is 0 Å². The number of carbonyl (C=O) groups excluding carboxylic acids is 1. The van der Waals surface area contributed by atoms with Crippen LogP contribution in [0.25, 0.3) is 6.08 Å². The van der Waals surface area contributed by atoms with Gasteiger partial charge in [0.1, 0.15) is 4.32 Å². The van der Waals surface area contributed by atoms with E-state index >= 15 is 0 Å². The maximum absolute atomic E-state index is 12.8. The minimum absolute atomic E-state index is 0.0571. The molecule has 3 nitrogen and oxygen atoms in total. The van der Waals surface area contributed by atoms with Crippen molar-refractivity contribution in [3.05, 3.63) is 34.7 Å². The molecule has 1 aliphatic rings. The number of thioether (sulfide) groups is 1. The molecule has 0 spiro atoms. The zero-order valence-electron chi connectivity index (χ0n) is 15.6. The molecule has 1 amide bonds. The van der Waals surface area contributed by atoms with Gasteiger partial charge < -0.3 is 4.90 Å². The van der Waals surface area contributed by atoms with Crippen molar-refractivity contribution in [3.63, 3.8) is 0 Å². The monoisotopic (exact) mass is 376 g/mol. The van der Waals surface area contributed by atoms with Crippen molar-refractivity contribution in [1.82, 2.24) is 4.90 Å². The van der Waals surface area contributed by atoms with E-state index in [0.29, 0.717) is 10.2 Å². The predicted molar refractivity (Wildman–Crippen MR) is 114 cm³/mol. The lowest BCUT2D eigenvalue weighted by Crippen LogP contribution is -2.33. The highest BCUT2D eigenvalue weighted by Gasteiger charge is 2.33. The highest BCUT2D eigenvalue weighted by Crippen LogP contribution is 2.34. The number of anilines is 1. The fourth-order valence-corrected chi connectivity index (χ4v) is 4.13. The van der Waals surface area contributed by atoms with E-state index in [0.717, 1.165) is 35.5 Å². The van der Waals surface area contributed by atoms with Crippen LogP contribution in [0.1, 0.15) is 45.1 Å². The van der Waals surface area contributed by atoms with Gasteiger partial charge in [0, 0.05) is 26.3 Å². The molecule has 0 saturated carbocycles. The second kappa shape index (κ2) is 9.39. The highest BCUT2D eigenvalue weighted by atomic mass is 32.2. The Morgan fingerprint density at radius 3 is 2.48 bits per heavy atom. The van der Waals surface area contributed by atoms with Crippen LogP contribution in [0, 0.1) is 5.92 Å². The lowest BCUT2D eigenvalue weighted by atomic mass is 9.99. The number of rotatable bonds is 8. The van der Waals surface area contributed by atoms with Crippen LogP contribution in [-0.2, 0) is 4.79 Å². The zero-order chi connectivity index (χ0) is 18.4. The molecule has 0 N–H and O–H groups in total. The summed E-state index contributed by atoms with van der Waals surface area (Å²) >= 11 is 6.89. The first-order valence-electron chi connectivity index (χ1n) is 8.99. The molecular formula is C20H28N2OS2. The van der Waals surface area contributed by atoms with Gasteiger partial charge in [-0.2, -0.15) is 0 Å². The number of carbonyl (C=O) groups is 1. The average molecular weight is 377 g/mol. The van der Waals surface area contributed by atoms with Gasteiger partial charge in [0.25, 0.3) is 5.91 Å². The van der Waals surface area contributed by atoms with Crippen LogP contribution in [0.4, 0.5) is 5.69 Å². The summed E-state index contributed by atoms with van der Waals surface area (Å²) in [6, 6.07) is 8.20. The lowest BCUT2D eigenvalue weighted by molar-refractivity contribution is -0.122. The highest BCUT2D eigenvalue weighted by molar-refractivity contribution is 8.26. The van der Waals surface area contributed by atoms with Gasteiger partial charge >= 0.3 is 0 Å². The van der Waals surface area contributed by atoms with Crippen LogP contribution in [-0.4, -0.2) is 35.8 Å². The summed E-state index contributed by atoms with van der Waals surface area (Å²) in [4.78, 5) is 17.3. The van der Waals surface area contributed by atoms with E-state index in [9.17, 15) is 4.79 Å². The Balaban J connectivity index is 2.08. The van der Waals surface area contributed by atoms with Crippen LogP contribution >= 0.6 is 24.0 Å².